The van der Waals surface area contributed by atoms with Crippen molar-refractivity contribution in [1.29, 1.82) is 5.26 Å². The minimum atomic E-state index is -0.572. The number of halogens is 1. The van der Waals surface area contributed by atoms with Crippen molar-refractivity contribution >= 4 is 44.4 Å². The molecule has 0 atom stereocenters. The van der Waals surface area contributed by atoms with Crippen LogP contribution in [0.2, 0.25) is 0 Å². The highest BCUT2D eigenvalue weighted by atomic mass is 79.9. The van der Waals surface area contributed by atoms with E-state index in [4.69, 9.17) is 14.2 Å². The number of ether oxygens (including phenoxy) is 3. The highest BCUT2D eigenvalue weighted by Gasteiger charge is 2.15. The molecular weight excluding hydrogens is 520 g/mol. The van der Waals surface area contributed by atoms with E-state index in [0.29, 0.717) is 44.9 Å². The van der Waals surface area contributed by atoms with Crippen molar-refractivity contribution in [3.8, 4) is 23.3 Å². The van der Waals surface area contributed by atoms with E-state index in [2.05, 4.69) is 37.5 Å². The van der Waals surface area contributed by atoms with E-state index in [1.165, 1.54) is 30.1 Å². The number of methoxy groups -OCH3 is 1. The highest BCUT2D eigenvalue weighted by molar-refractivity contribution is 9.10. The lowest BCUT2D eigenvalue weighted by Crippen LogP contribution is -2.13. The summed E-state index contributed by atoms with van der Waals surface area (Å²) in [5.41, 5.74) is 2.74. The summed E-state index contributed by atoms with van der Waals surface area (Å²) in [4.78, 5) is 12.5. The molecule has 0 saturated carbocycles. The molecule has 0 saturated heterocycles. The Labute approximate surface area is 210 Å². The Morgan fingerprint density at radius 3 is 2.56 bits per heavy atom. The number of anilines is 1. The van der Waals surface area contributed by atoms with Gasteiger partial charge in [0.15, 0.2) is 11.5 Å². The zero-order valence-electron chi connectivity index (χ0n) is 19.1. The summed E-state index contributed by atoms with van der Waals surface area (Å²) in [7, 11) is 1.52. The van der Waals surface area contributed by atoms with Crippen molar-refractivity contribution in [2.45, 2.75) is 20.8 Å². The first-order chi connectivity index (χ1) is 16.3. The Hall–Kier alpha value is -3.42. The van der Waals surface area contributed by atoms with E-state index in [-0.39, 0.29) is 5.57 Å². The lowest BCUT2D eigenvalue weighted by molar-refractivity contribution is -0.112. The van der Waals surface area contributed by atoms with Gasteiger partial charge in [0.1, 0.15) is 35.6 Å². The zero-order valence-corrected chi connectivity index (χ0v) is 21.5. The largest absolute Gasteiger partial charge is 0.493 e. The minimum Gasteiger partial charge on any atom is -0.493 e. The third-order valence-corrected chi connectivity index (χ3v) is 5.94. The van der Waals surface area contributed by atoms with Crippen LogP contribution in [0.15, 0.2) is 40.4 Å². The van der Waals surface area contributed by atoms with Gasteiger partial charge in [-0.1, -0.05) is 29.0 Å². The van der Waals surface area contributed by atoms with Crippen LogP contribution in [-0.4, -0.2) is 36.4 Å². The van der Waals surface area contributed by atoms with Gasteiger partial charge in [0.2, 0.25) is 5.13 Å². The maximum Gasteiger partial charge on any atom is 0.268 e. The van der Waals surface area contributed by atoms with Crippen molar-refractivity contribution < 1.29 is 19.0 Å². The Kier molecular flexibility index (Phi) is 8.62. The molecule has 0 spiro atoms. The molecule has 3 rings (SSSR count). The molecular formula is C24H23BrN4O4S. The van der Waals surface area contributed by atoms with Crippen LogP contribution in [0.1, 0.15) is 21.7 Å². The monoisotopic (exact) mass is 542 g/mol. The van der Waals surface area contributed by atoms with Crippen molar-refractivity contribution in [2.75, 3.05) is 25.6 Å². The molecule has 34 heavy (non-hydrogen) atoms. The highest BCUT2D eigenvalue weighted by Crippen LogP contribution is 2.37. The smallest absolute Gasteiger partial charge is 0.268 e. The van der Waals surface area contributed by atoms with E-state index in [1.807, 2.05) is 32.0 Å². The number of aryl methyl sites for hydroxylation is 3. The van der Waals surface area contributed by atoms with Crippen LogP contribution >= 0.6 is 27.3 Å². The molecule has 0 fully saturated rings. The molecule has 2 aromatic carbocycles. The number of hydrogen-bond acceptors (Lipinski definition) is 8. The quantitative estimate of drug-likeness (QED) is 0.224. The van der Waals surface area contributed by atoms with Crippen molar-refractivity contribution in [1.82, 2.24) is 10.2 Å². The first kappa shape index (κ1) is 25.2. The number of rotatable bonds is 9. The third kappa shape index (κ3) is 6.56. The third-order valence-electron chi connectivity index (χ3n) is 4.59. The molecule has 0 bridgehead atoms. The minimum absolute atomic E-state index is 0.0858. The van der Waals surface area contributed by atoms with Crippen LogP contribution < -0.4 is 19.5 Å². The Morgan fingerprint density at radius 2 is 1.91 bits per heavy atom. The molecule has 1 heterocycles. The van der Waals surface area contributed by atoms with Crippen LogP contribution in [0, 0.1) is 32.1 Å². The lowest BCUT2D eigenvalue weighted by Gasteiger charge is -2.15. The van der Waals surface area contributed by atoms with E-state index >= 15 is 0 Å². The van der Waals surface area contributed by atoms with Gasteiger partial charge in [0.05, 0.1) is 11.6 Å². The standard InChI is InChI=1S/C24H23BrN4O4S/c1-14-5-6-20(15(2)9-14)32-7-8-33-22-19(25)11-17(12-21(22)31-4)10-18(13-26)23(30)27-24-29-28-16(3)34-24/h5-6,9-12H,7-8H2,1-4H3,(H,27,29,30). The summed E-state index contributed by atoms with van der Waals surface area (Å²) in [6.45, 7) is 6.46. The van der Waals surface area contributed by atoms with E-state index in [9.17, 15) is 10.1 Å². The second-order valence-electron chi connectivity index (χ2n) is 7.25. The van der Waals surface area contributed by atoms with Gasteiger partial charge in [-0.05, 0) is 72.1 Å². The van der Waals surface area contributed by atoms with E-state index < -0.39 is 5.91 Å². The molecule has 0 aliphatic heterocycles. The van der Waals surface area contributed by atoms with Crippen molar-refractivity contribution in [3.63, 3.8) is 0 Å². The molecule has 0 aliphatic rings. The van der Waals surface area contributed by atoms with Crippen LogP contribution in [-0.2, 0) is 4.79 Å². The average molecular weight is 543 g/mol. The molecule has 0 aliphatic carbocycles. The molecule has 1 amide bonds. The average Bonchev–Trinajstić information content (AvgIpc) is 3.21. The SMILES string of the molecule is COc1cc(C=C(C#N)C(=O)Nc2nnc(C)s2)cc(Br)c1OCCOc1ccc(C)cc1C. The number of nitriles is 1. The summed E-state index contributed by atoms with van der Waals surface area (Å²) in [5, 5.41) is 20.8. The molecule has 176 valence electrons. The Morgan fingerprint density at radius 1 is 1.15 bits per heavy atom. The molecule has 3 aromatic rings. The molecule has 1 aromatic heterocycles. The van der Waals surface area contributed by atoms with Crippen molar-refractivity contribution in [2.24, 2.45) is 0 Å². The number of nitrogens with one attached hydrogen (secondary N) is 1. The van der Waals surface area contributed by atoms with Gasteiger partial charge >= 0.3 is 0 Å². The molecule has 1 N–H and O–H groups in total. The zero-order chi connectivity index (χ0) is 24.7. The van der Waals surface area contributed by atoms with Gasteiger partial charge in [-0.2, -0.15) is 5.26 Å². The predicted molar refractivity (Wildman–Crippen MR) is 134 cm³/mol. The first-order valence-corrected chi connectivity index (χ1v) is 11.8. The fraction of sp³-hybridized carbons (Fsp3) is 0.250. The van der Waals surface area contributed by atoms with E-state index in [1.54, 1.807) is 19.1 Å². The van der Waals surface area contributed by atoms with Crippen LogP contribution in [0.5, 0.6) is 17.2 Å². The van der Waals surface area contributed by atoms with Gasteiger partial charge < -0.3 is 14.2 Å². The summed E-state index contributed by atoms with van der Waals surface area (Å²) < 4.78 is 17.8. The Balaban J connectivity index is 1.69. The predicted octanol–water partition coefficient (Wildman–Crippen LogP) is 5.24. The number of aromatic nitrogens is 2. The number of hydrogen-bond donors (Lipinski definition) is 1. The molecule has 0 unspecified atom stereocenters. The number of nitrogens with zero attached hydrogens (tertiary/aromatic N) is 3. The topological polar surface area (TPSA) is 106 Å². The second-order valence-corrected chi connectivity index (χ2v) is 9.29. The fourth-order valence-electron chi connectivity index (χ4n) is 3.05. The summed E-state index contributed by atoms with van der Waals surface area (Å²) in [6.07, 6.45) is 1.46. The number of carbonyl (C=O) groups excluding carboxylic acids is 1. The molecule has 0 radical (unpaired) electrons. The Bertz CT molecular complexity index is 1270. The maximum atomic E-state index is 12.5. The first-order valence-electron chi connectivity index (χ1n) is 10.2. The number of amides is 1. The van der Waals surface area contributed by atoms with Crippen LogP contribution in [0.25, 0.3) is 6.08 Å². The summed E-state index contributed by atoms with van der Waals surface area (Å²) in [6, 6.07) is 11.3. The normalized spacial score (nSPS) is 11.0. The van der Waals surface area contributed by atoms with Crippen molar-refractivity contribution in [3.05, 3.63) is 62.1 Å². The van der Waals surface area contributed by atoms with Gasteiger partial charge in [-0.15, -0.1) is 10.2 Å². The second kappa shape index (κ2) is 11.6. The van der Waals surface area contributed by atoms with Crippen LogP contribution in [0.3, 0.4) is 0 Å². The van der Waals surface area contributed by atoms with Crippen LogP contribution in [0.4, 0.5) is 5.13 Å². The lowest BCUT2D eigenvalue weighted by atomic mass is 10.1. The number of carbonyl (C=O) groups is 1. The number of benzene rings is 2. The van der Waals surface area contributed by atoms with Gasteiger partial charge in [-0.3, -0.25) is 10.1 Å². The summed E-state index contributed by atoms with van der Waals surface area (Å²) >= 11 is 4.71. The maximum absolute atomic E-state index is 12.5. The van der Waals surface area contributed by atoms with Gasteiger partial charge in [-0.25, -0.2) is 0 Å². The molecule has 10 heteroatoms. The van der Waals surface area contributed by atoms with Gasteiger partial charge in [0.25, 0.3) is 5.91 Å². The fourth-order valence-corrected chi connectivity index (χ4v) is 4.21. The van der Waals surface area contributed by atoms with Gasteiger partial charge in [0, 0.05) is 0 Å². The van der Waals surface area contributed by atoms with E-state index in [0.717, 1.165) is 11.3 Å². The summed E-state index contributed by atoms with van der Waals surface area (Å²) in [5.74, 6) is 1.19. The molecule has 8 nitrogen and oxygen atoms in total.